The average Bonchev–Trinajstić information content (AvgIpc) is 2.77. The van der Waals surface area contributed by atoms with Gasteiger partial charge in [0.25, 0.3) is 5.91 Å². The maximum atomic E-state index is 12.2. The lowest BCUT2D eigenvalue weighted by atomic mass is 10.1. The van der Waals surface area contributed by atoms with E-state index in [-0.39, 0.29) is 17.2 Å². The molecule has 100 valence electrons. The highest BCUT2D eigenvalue weighted by Crippen LogP contribution is 2.23. The van der Waals surface area contributed by atoms with Gasteiger partial charge in [-0.2, -0.15) is 0 Å². The Morgan fingerprint density at radius 3 is 2.74 bits per heavy atom. The molecule has 0 aliphatic rings. The first kappa shape index (κ1) is 13.5. The molecular formula is C14H14ClNO3. The largest absolute Gasteiger partial charge is 0.507 e. The Morgan fingerprint density at radius 1 is 1.37 bits per heavy atom. The van der Waals surface area contributed by atoms with Gasteiger partial charge in [0.1, 0.15) is 17.3 Å². The maximum Gasteiger partial charge on any atom is 0.257 e. The number of carbonyl (C=O) groups is 1. The monoisotopic (exact) mass is 279 g/mol. The lowest BCUT2D eigenvalue weighted by Crippen LogP contribution is -2.26. The molecule has 0 spiro atoms. The van der Waals surface area contributed by atoms with E-state index in [1.165, 1.54) is 23.1 Å². The SMILES string of the molecule is Cc1ccc(CN(C)C(=O)c2cc(Cl)ccc2O)o1. The molecule has 0 atom stereocenters. The summed E-state index contributed by atoms with van der Waals surface area (Å²) in [5.74, 6) is 1.09. The third-order valence-electron chi connectivity index (χ3n) is 2.72. The number of halogens is 1. The molecule has 1 aromatic heterocycles. The summed E-state index contributed by atoms with van der Waals surface area (Å²) in [5, 5.41) is 10.1. The average molecular weight is 280 g/mol. The molecule has 0 fully saturated rings. The molecule has 4 nitrogen and oxygen atoms in total. The van der Waals surface area contributed by atoms with E-state index in [1.807, 2.05) is 19.1 Å². The van der Waals surface area contributed by atoms with Crippen LogP contribution in [-0.4, -0.2) is 23.0 Å². The van der Waals surface area contributed by atoms with Crippen molar-refractivity contribution in [2.75, 3.05) is 7.05 Å². The van der Waals surface area contributed by atoms with Crippen LogP contribution in [0.5, 0.6) is 5.75 Å². The zero-order chi connectivity index (χ0) is 14.0. The molecule has 0 radical (unpaired) electrons. The standard InChI is InChI=1S/C14H14ClNO3/c1-9-3-5-11(19-9)8-16(2)14(18)12-7-10(15)4-6-13(12)17/h3-7,17H,8H2,1-2H3. The highest BCUT2D eigenvalue weighted by molar-refractivity contribution is 6.31. The normalized spacial score (nSPS) is 10.5. The predicted molar refractivity (Wildman–Crippen MR) is 72.4 cm³/mol. The van der Waals surface area contributed by atoms with Crippen molar-refractivity contribution in [3.05, 3.63) is 52.4 Å². The molecule has 0 bridgehead atoms. The van der Waals surface area contributed by atoms with Crippen molar-refractivity contribution < 1.29 is 14.3 Å². The Morgan fingerprint density at radius 2 is 2.11 bits per heavy atom. The number of hydrogen-bond acceptors (Lipinski definition) is 3. The van der Waals surface area contributed by atoms with Gasteiger partial charge in [-0.25, -0.2) is 0 Å². The number of nitrogens with zero attached hydrogens (tertiary/aromatic N) is 1. The molecule has 2 aromatic rings. The number of carbonyl (C=O) groups excluding carboxylic acids is 1. The summed E-state index contributed by atoms with van der Waals surface area (Å²) >= 11 is 5.83. The number of amides is 1. The fourth-order valence-corrected chi connectivity index (χ4v) is 1.93. The van der Waals surface area contributed by atoms with E-state index in [9.17, 15) is 9.90 Å². The van der Waals surface area contributed by atoms with Crippen molar-refractivity contribution in [2.24, 2.45) is 0 Å². The third-order valence-corrected chi connectivity index (χ3v) is 2.96. The Kier molecular flexibility index (Phi) is 3.81. The van der Waals surface area contributed by atoms with Gasteiger partial charge in [-0.3, -0.25) is 4.79 Å². The summed E-state index contributed by atoms with van der Waals surface area (Å²) < 4.78 is 5.41. The van der Waals surface area contributed by atoms with Gasteiger partial charge in [0.05, 0.1) is 12.1 Å². The molecule has 0 unspecified atom stereocenters. The van der Waals surface area contributed by atoms with Crippen LogP contribution < -0.4 is 0 Å². The van der Waals surface area contributed by atoms with Crippen LogP contribution in [0.3, 0.4) is 0 Å². The van der Waals surface area contributed by atoms with Crippen molar-refractivity contribution in [2.45, 2.75) is 13.5 Å². The Balaban J connectivity index is 2.16. The predicted octanol–water partition coefficient (Wildman–Crippen LogP) is 3.22. The number of rotatable bonds is 3. The molecule has 0 saturated heterocycles. The van der Waals surface area contributed by atoms with E-state index in [0.717, 1.165) is 5.76 Å². The Labute approximate surface area is 116 Å². The Hall–Kier alpha value is -1.94. The van der Waals surface area contributed by atoms with Gasteiger partial charge >= 0.3 is 0 Å². The molecule has 1 heterocycles. The summed E-state index contributed by atoms with van der Waals surface area (Å²) in [7, 11) is 1.64. The summed E-state index contributed by atoms with van der Waals surface area (Å²) in [5.41, 5.74) is 0.179. The van der Waals surface area contributed by atoms with Crippen LogP contribution in [0, 0.1) is 6.92 Å². The fourth-order valence-electron chi connectivity index (χ4n) is 1.76. The molecule has 5 heteroatoms. The molecule has 0 saturated carbocycles. The topological polar surface area (TPSA) is 53.7 Å². The summed E-state index contributed by atoms with van der Waals surface area (Å²) in [6, 6.07) is 8.04. The summed E-state index contributed by atoms with van der Waals surface area (Å²) in [6.45, 7) is 2.17. The molecule has 1 N–H and O–H groups in total. The second-order valence-corrected chi connectivity index (χ2v) is 4.77. The second kappa shape index (κ2) is 5.36. The smallest absolute Gasteiger partial charge is 0.257 e. The molecule has 1 aromatic carbocycles. The zero-order valence-electron chi connectivity index (χ0n) is 10.7. The van der Waals surface area contributed by atoms with Crippen molar-refractivity contribution in [3.8, 4) is 5.75 Å². The Bertz CT molecular complexity index is 606. The molecule has 0 aliphatic heterocycles. The lowest BCUT2D eigenvalue weighted by molar-refractivity contribution is 0.0772. The van der Waals surface area contributed by atoms with Crippen LogP contribution >= 0.6 is 11.6 Å². The van der Waals surface area contributed by atoms with Gasteiger partial charge in [-0.05, 0) is 37.3 Å². The van der Waals surface area contributed by atoms with Crippen LogP contribution in [0.4, 0.5) is 0 Å². The molecule has 0 aliphatic carbocycles. The van der Waals surface area contributed by atoms with Gasteiger partial charge < -0.3 is 14.4 Å². The highest BCUT2D eigenvalue weighted by Gasteiger charge is 2.17. The number of aromatic hydroxyl groups is 1. The number of phenolic OH excluding ortho intramolecular Hbond substituents is 1. The minimum atomic E-state index is -0.311. The van der Waals surface area contributed by atoms with Gasteiger partial charge in [0, 0.05) is 12.1 Å². The number of hydrogen-bond donors (Lipinski definition) is 1. The van der Waals surface area contributed by atoms with E-state index >= 15 is 0 Å². The number of phenols is 1. The second-order valence-electron chi connectivity index (χ2n) is 4.34. The van der Waals surface area contributed by atoms with Crippen LogP contribution in [0.1, 0.15) is 21.9 Å². The van der Waals surface area contributed by atoms with Gasteiger partial charge in [0.2, 0.25) is 0 Å². The van der Waals surface area contributed by atoms with Gasteiger partial charge in [-0.1, -0.05) is 11.6 Å². The van der Waals surface area contributed by atoms with Crippen LogP contribution in [-0.2, 0) is 6.54 Å². The van der Waals surface area contributed by atoms with E-state index < -0.39 is 0 Å². The van der Waals surface area contributed by atoms with Crippen molar-refractivity contribution in [1.29, 1.82) is 0 Å². The van der Waals surface area contributed by atoms with Crippen molar-refractivity contribution >= 4 is 17.5 Å². The summed E-state index contributed by atoms with van der Waals surface area (Å²) in [6.07, 6.45) is 0. The van der Waals surface area contributed by atoms with E-state index in [4.69, 9.17) is 16.0 Å². The molecule has 2 rings (SSSR count). The maximum absolute atomic E-state index is 12.2. The first-order chi connectivity index (χ1) is 8.97. The fraction of sp³-hybridized carbons (Fsp3) is 0.214. The first-order valence-corrected chi connectivity index (χ1v) is 6.14. The van der Waals surface area contributed by atoms with Crippen LogP contribution in [0.2, 0.25) is 5.02 Å². The number of benzene rings is 1. The lowest BCUT2D eigenvalue weighted by Gasteiger charge is -2.16. The minimum absolute atomic E-state index is 0.0862. The van der Waals surface area contributed by atoms with E-state index in [1.54, 1.807) is 7.05 Å². The van der Waals surface area contributed by atoms with E-state index in [2.05, 4.69) is 0 Å². The van der Waals surface area contributed by atoms with Gasteiger partial charge in [-0.15, -0.1) is 0 Å². The highest BCUT2D eigenvalue weighted by atomic mass is 35.5. The van der Waals surface area contributed by atoms with E-state index in [0.29, 0.717) is 17.3 Å². The number of aryl methyl sites for hydroxylation is 1. The van der Waals surface area contributed by atoms with Crippen LogP contribution in [0.25, 0.3) is 0 Å². The van der Waals surface area contributed by atoms with Crippen molar-refractivity contribution in [1.82, 2.24) is 4.90 Å². The quantitative estimate of drug-likeness (QED) is 0.938. The molecular weight excluding hydrogens is 266 g/mol. The first-order valence-electron chi connectivity index (χ1n) is 5.76. The summed E-state index contributed by atoms with van der Waals surface area (Å²) in [4.78, 5) is 13.7. The third kappa shape index (κ3) is 3.09. The van der Waals surface area contributed by atoms with Gasteiger partial charge in [0.15, 0.2) is 0 Å². The van der Waals surface area contributed by atoms with Crippen molar-refractivity contribution in [3.63, 3.8) is 0 Å². The zero-order valence-corrected chi connectivity index (χ0v) is 11.4. The number of furan rings is 1. The molecule has 19 heavy (non-hydrogen) atoms. The minimum Gasteiger partial charge on any atom is -0.507 e. The van der Waals surface area contributed by atoms with Crippen LogP contribution in [0.15, 0.2) is 34.7 Å². The molecule has 1 amide bonds.